The van der Waals surface area contributed by atoms with Crippen molar-refractivity contribution in [2.75, 3.05) is 19.7 Å². The van der Waals surface area contributed by atoms with E-state index in [0.29, 0.717) is 43.7 Å². The zero-order chi connectivity index (χ0) is 29.0. The van der Waals surface area contributed by atoms with E-state index in [2.05, 4.69) is 53.1 Å². The fourth-order valence-corrected chi connectivity index (χ4v) is 6.00. The lowest BCUT2D eigenvalue weighted by atomic mass is 9.94. The van der Waals surface area contributed by atoms with Gasteiger partial charge in [-0.2, -0.15) is 0 Å². The molecule has 2 saturated carbocycles. The first-order valence-electron chi connectivity index (χ1n) is 14.8. The van der Waals surface area contributed by atoms with Crippen molar-refractivity contribution < 1.29 is 23.8 Å². The summed E-state index contributed by atoms with van der Waals surface area (Å²) in [6, 6.07) is 12.2. The minimum absolute atomic E-state index is 0.132. The maximum atomic E-state index is 14.6. The van der Waals surface area contributed by atoms with Crippen LogP contribution in [0.25, 0.3) is 0 Å². The maximum Gasteiger partial charge on any atom is 0.228 e. The molecule has 8 heteroatoms. The SMILES string of the molecule is C#CCC12CC1C(=O)NCCCCOc1cc(F)cc(c1)C[C@@H]([C@H](O)CNC1(c3cccc(CC)c3)CC1)NC2=O. The Labute approximate surface area is 241 Å². The van der Waals surface area contributed by atoms with Crippen LogP contribution in [0.15, 0.2) is 42.5 Å². The molecular weight excluding hydrogens is 521 g/mol. The molecule has 1 heterocycles. The molecule has 1 aliphatic heterocycles. The topological polar surface area (TPSA) is 99.7 Å². The first kappa shape index (κ1) is 29.1. The smallest absolute Gasteiger partial charge is 0.228 e. The number of halogens is 1. The summed E-state index contributed by atoms with van der Waals surface area (Å²) in [4.78, 5) is 26.6. The van der Waals surface area contributed by atoms with E-state index in [9.17, 15) is 19.1 Å². The summed E-state index contributed by atoms with van der Waals surface area (Å²) in [5.74, 6) is 1.49. The van der Waals surface area contributed by atoms with Crippen LogP contribution in [-0.4, -0.2) is 48.8 Å². The second-order valence-electron chi connectivity index (χ2n) is 11.8. The predicted molar refractivity (Wildman–Crippen MR) is 155 cm³/mol. The van der Waals surface area contributed by atoms with Crippen LogP contribution in [0.5, 0.6) is 5.75 Å². The number of aliphatic hydroxyl groups excluding tert-OH is 1. The van der Waals surface area contributed by atoms with Crippen LogP contribution in [0.1, 0.15) is 62.1 Å². The fourth-order valence-electron chi connectivity index (χ4n) is 6.00. The summed E-state index contributed by atoms with van der Waals surface area (Å²) >= 11 is 0. The Morgan fingerprint density at radius 2 is 2.05 bits per heavy atom. The second-order valence-corrected chi connectivity index (χ2v) is 11.8. The molecule has 7 nitrogen and oxygen atoms in total. The number of benzene rings is 2. The summed E-state index contributed by atoms with van der Waals surface area (Å²) < 4.78 is 20.4. The third-order valence-electron chi connectivity index (χ3n) is 8.86. The Morgan fingerprint density at radius 3 is 2.80 bits per heavy atom. The number of ether oxygens (including phenoxy) is 1. The maximum absolute atomic E-state index is 14.6. The van der Waals surface area contributed by atoms with E-state index in [4.69, 9.17) is 11.2 Å². The number of terminal acetylenes is 1. The first-order valence-corrected chi connectivity index (χ1v) is 14.8. The molecule has 2 fully saturated rings. The summed E-state index contributed by atoms with van der Waals surface area (Å²) in [5, 5.41) is 20.9. The second kappa shape index (κ2) is 12.2. The van der Waals surface area contributed by atoms with Crippen molar-refractivity contribution in [3.63, 3.8) is 0 Å². The van der Waals surface area contributed by atoms with Gasteiger partial charge in [-0.05, 0) is 73.8 Å². The fraction of sp³-hybridized carbons (Fsp3) is 0.515. The van der Waals surface area contributed by atoms with Crippen molar-refractivity contribution in [3.05, 3.63) is 65.0 Å². The van der Waals surface area contributed by atoms with E-state index >= 15 is 0 Å². The van der Waals surface area contributed by atoms with Crippen molar-refractivity contribution in [1.29, 1.82) is 0 Å². The Morgan fingerprint density at radius 1 is 1.22 bits per heavy atom. The lowest BCUT2D eigenvalue weighted by Gasteiger charge is -2.29. The van der Waals surface area contributed by atoms with E-state index in [1.807, 2.05) is 0 Å². The molecule has 2 aromatic carbocycles. The lowest BCUT2D eigenvalue weighted by molar-refractivity contribution is -0.132. The number of fused-ring (bicyclic) bond motifs is 3. The van der Waals surface area contributed by atoms with E-state index in [1.165, 1.54) is 23.3 Å². The number of nitrogens with one attached hydrogen (secondary N) is 3. The number of aliphatic hydroxyl groups is 1. The standard InChI is InChI=1S/C33H40FN3O4/c1-3-10-32-20-27(32)30(39)35-13-5-6-14-41-26-17-23(16-25(34)19-26)18-28(37-31(32)40)29(38)21-36-33(11-12-33)24-9-7-8-22(4-2)15-24/h1,7-9,15-17,19,27-29,36,38H,4-6,10-14,18,20-21H2,2H3,(H,35,39)(H,37,40)/t27?,28-,29+,32?/m0/s1. The Kier molecular flexibility index (Phi) is 8.67. The van der Waals surface area contributed by atoms with Crippen LogP contribution < -0.4 is 20.7 Å². The van der Waals surface area contributed by atoms with E-state index in [1.54, 1.807) is 6.07 Å². The van der Waals surface area contributed by atoms with Gasteiger partial charge in [-0.1, -0.05) is 31.2 Å². The molecule has 2 bridgehead atoms. The molecule has 2 unspecified atom stereocenters. The number of aryl methyl sites for hydroxylation is 1. The average Bonchev–Trinajstić information content (AvgIpc) is 3.88. The molecule has 3 aliphatic rings. The number of hydrogen-bond donors (Lipinski definition) is 4. The molecule has 4 atom stereocenters. The zero-order valence-electron chi connectivity index (χ0n) is 23.7. The van der Waals surface area contributed by atoms with Gasteiger partial charge in [-0.25, -0.2) is 4.39 Å². The molecule has 0 radical (unpaired) electrons. The summed E-state index contributed by atoms with van der Waals surface area (Å²) in [7, 11) is 0. The normalized spacial score (nSPS) is 26.4. The third kappa shape index (κ3) is 6.58. The average molecular weight is 562 g/mol. The quantitative estimate of drug-likeness (QED) is 0.389. The van der Waals surface area contributed by atoms with Crippen molar-refractivity contribution in [1.82, 2.24) is 16.0 Å². The van der Waals surface area contributed by atoms with E-state index in [-0.39, 0.29) is 36.7 Å². The van der Waals surface area contributed by atoms with Crippen molar-refractivity contribution in [2.45, 2.75) is 76.0 Å². The number of carbonyl (C=O) groups is 2. The summed E-state index contributed by atoms with van der Waals surface area (Å²) in [6.45, 7) is 3.19. The molecule has 2 aliphatic carbocycles. The first-order chi connectivity index (χ1) is 19.8. The van der Waals surface area contributed by atoms with Crippen molar-refractivity contribution in [2.24, 2.45) is 11.3 Å². The molecule has 5 rings (SSSR count). The van der Waals surface area contributed by atoms with Gasteiger partial charge in [-0.3, -0.25) is 9.59 Å². The van der Waals surface area contributed by atoms with Gasteiger partial charge in [-0.15, -0.1) is 12.3 Å². The molecule has 4 N–H and O–H groups in total. The van der Waals surface area contributed by atoms with Gasteiger partial charge in [0.05, 0.1) is 30.1 Å². The highest BCUT2D eigenvalue weighted by molar-refractivity contribution is 5.96. The number of rotatable bonds is 7. The van der Waals surface area contributed by atoms with Gasteiger partial charge in [0.15, 0.2) is 0 Å². The predicted octanol–water partition coefficient (Wildman–Crippen LogP) is 3.37. The Bertz CT molecular complexity index is 1320. The van der Waals surface area contributed by atoms with Crippen LogP contribution in [0.4, 0.5) is 4.39 Å². The molecule has 2 aromatic rings. The number of hydrogen-bond acceptors (Lipinski definition) is 5. The molecular formula is C33H40FN3O4. The van der Waals surface area contributed by atoms with Gasteiger partial charge in [0.2, 0.25) is 11.8 Å². The summed E-state index contributed by atoms with van der Waals surface area (Å²) in [6.07, 6.45) is 9.56. The summed E-state index contributed by atoms with van der Waals surface area (Å²) in [5.41, 5.74) is 1.84. The molecule has 2 amide bonds. The van der Waals surface area contributed by atoms with E-state index in [0.717, 1.165) is 19.3 Å². The number of carbonyl (C=O) groups excluding carboxylic acids is 2. The lowest BCUT2D eigenvalue weighted by Crippen LogP contribution is -2.52. The molecule has 0 spiro atoms. The van der Waals surface area contributed by atoms with Crippen LogP contribution in [0, 0.1) is 29.5 Å². The highest BCUT2D eigenvalue weighted by Crippen LogP contribution is 2.55. The van der Waals surface area contributed by atoms with Crippen molar-refractivity contribution >= 4 is 11.8 Å². The molecule has 41 heavy (non-hydrogen) atoms. The number of amides is 2. The minimum atomic E-state index is -1.00. The van der Waals surface area contributed by atoms with Crippen LogP contribution in [-0.2, 0) is 28.0 Å². The Balaban J connectivity index is 1.38. The minimum Gasteiger partial charge on any atom is -0.493 e. The van der Waals surface area contributed by atoms with Gasteiger partial charge < -0.3 is 25.8 Å². The van der Waals surface area contributed by atoms with Crippen molar-refractivity contribution in [3.8, 4) is 18.1 Å². The zero-order valence-corrected chi connectivity index (χ0v) is 23.7. The van der Waals surface area contributed by atoms with Gasteiger partial charge in [0, 0.05) is 31.1 Å². The van der Waals surface area contributed by atoms with Gasteiger partial charge >= 0.3 is 0 Å². The largest absolute Gasteiger partial charge is 0.493 e. The van der Waals surface area contributed by atoms with Crippen LogP contribution >= 0.6 is 0 Å². The van der Waals surface area contributed by atoms with E-state index < -0.39 is 29.3 Å². The molecule has 0 saturated heterocycles. The monoisotopic (exact) mass is 561 g/mol. The Hall–Kier alpha value is -3.41. The highest BCUT2D eigenvalue weighted by atomic mass is 19.1. The van der Waals surface area contributed by atoms with Gasteiger partial charge in [0.25, 0.3) is 0 Å². The highest BCUT2D eigenvalue weighted by Gasteiger charge is 2.63. The molecule has 218 valence electrons. The van der Waals surface area contributed by atoms with Crippen LogP contribution in [0.2, 0.25) is 0 Å². The van der Waals surface area contributed by atoms with Crippen LogP contribution in [0.3, 0.4) is 0 Å². The third-order valence-corrected chi connectivity index (χ3v) is 8.86. The molecule has 0 aromatic heterocycles. The van der Waals surface area contributed by atoms with Gasteiger partial charge in [0.1, 0.15) is 11.6 Å².